The second-order valence-corrected chi connectivity index (χ2v) is 5.88. The van der Waals surface area contributed by atoms with Crippen LogP contribution in [0.2, 0.25) is 0 Å². The van der Waals surface area contributed by atoms with Crippen LogP contribution in [0.15, 0.2) is 42.5 Å². The first-order valence-corrected chi connectivity index (χ1v) is 6.70. The molecule has 4 heteroatoms. The van der Waals surface area contributed by atoms with Crippen molar-refractivity contribution in [2.24, 2.45) is 0 Å². The van der Waals surface area contributed by atoms with E-state index in [9.17, 15) is 9.90 Å². The SMILES string of the molecule is CC(C)(C)c1ccccc1Oc1c(N)cccc1C(=O)O. The Morgan fingerprint density at radius 3 is 2.38 bits per heavy atom. The van der Waals surface area contributed by atoms with Gasteiger partial charge in [0.25, 0.3) is 0 Å². The lowest BCUT2D eigenvalue weighted by molar-refractivity contribution is 0.0694. The van der Waals surface area contributed by atoms with Crippen LogP contribution in [0.4, 0.5) is 5.69 Å². The highest BCUT2D eigenvalue weighted by Crippen LogP contribution is 2.37. The summed E-state index contributed by atoms with van der Waals surface area (Å²) in [5.74, 6) is -0.266. The fraction of sp³-hybridized carbons (Fsp3) is 0.235. The van der Waals surface area contributed by atoms with Crippen molar-refractivity contribution in [3.63, 3.8) is 0 Å². The molecule has 21 heavy (non-hydrogen) atoms. The molecule has 0 fully saturated rings. The van der Waals surface area contributed by atoms with Gasteiger partial charge in [0.05, 0.1) is 5.69 Å². The van der Waals surface area contributed by atoms with Gasteiger partial charge in [-0.2, -0.15) is 0 Å². The number of hydrogen-bond acceptors (Lipinski definition) is 3. The number of anilines is 1. The molecular weight excluding hydrogens is 266 g/mol. The number of ether oxygens (including phenoxy) is 1. The molecule has 0 bridgehead atoms. The summed E-state index contributed by atoms with van der Waals surface area (Å²) in [6.07, 6.45) is 0. The van der Waals surface area contributed by atoms with Gasteiger partial charge in [0, 0.05) is 5.56 Å². The second-order valence-electron chi connectivity index (χ2n) is 5.88. The van der Waals surface area contributed by atoms with E-state index in [4.69, 9.17) is 10.5 Å². The largest absolute Gasteiger partial charge is 0.478 e. The number of rotatable bonds is 3. The number of aromatic carboxylic acids is 1. The molecule has 0 radical (unpaired) electrons. The van der Waals surface area contributed by atoms with E-state index in [0.29, 0.717) is 11.4 Å². The van der Waals surface area contributed by atoms with E-state index in [1.54, 1.807) is 12.1 Å². The molecule has 2 rings (SSSR count). The maximum atomic E-state index is 11.3. The van der Waals surface area contributed by atoms with Crippen LogP contribution in [-0.4, -0.2) is 11.1 Å². The van der Waals surface area contributed by atoms with E-state index in [0.717, 1.165) is 5.56 Å². The summed E-state index contributed by atoms with van der Waals surface area (Å²) in [7, 11) is 0. The number of carboxylic acid groups (broad SMARTS) is 1. The molecule has 0 amide bonds. The Morgan fingerprint density at radius 1 is 1.10 bits per heavy atom. The molecule has 0 unspecified atom stereocenters. The van der Waals surface area contributed by atoms with Crippen LogP contribution in [0, 0.1) is 0 Å². The molecule has 110 valence electrons. The average molecular weight is 285 g/mol. The van der Waals surface area contributed by atoms with Crippen molar-refractivity contribution < 1.29 is 14.6 Å². The molecule has 0 heterocycles. The van der Waals surface area contributed by atoms with Crippen LogP contribution in [0.5, 0.6) is 11.5 Å². The lowest BCUT2D eigenvalue weighted by Gasteiger charge is -2.23. The van der Waals surface area contributed by atoms with Crippen LogP contribution in [0.1, 0.15) is 36.7 Å². The maximum Gasteiger partial charge on any atom is 0.339 e. The maximum absolute atomic E-state index is 11.3. The molecule has 0 aliphatic heterocycles. The van der Waals surface area contributed by atoms with Gasteiger partial charge < -0.3 is 15.6 Å². The van der Waals surface area contributed by atoms with Crippen molar-refractivity contribution in [2.75, 3.05) is 5.73 Å². The normalized spacial score (nSPS) is 11.2. The Balaban J connectivity index is 2.52. The molecule has 3 N–H and O–H groups in total. The third-order valence-corrected chi connectivity index (χ3v) is 3.18. The van der Waals surface area contributed by atoms with Gasteiger partial charge in [0.1, 0.15) is 11.3 Å². The molecule has 2 aromatic carbocycles. The van der Waals surface area contributed by atoms with Crippen molar-refractivity contribution in [3.05, 3.63) is 53.6 Å². The van der Waals surface area contributed by atoms with Gasteiger partial charge in [-0.25, -0.2) is 4.79 Å². The van der Waals surface area contributed by atoms with Crippen LogP contribution in [0.3, 0.4) is 0 Å². The Hall–Kier alpha value is -2.49. The van der Waals surface area contributed by atoms with Gasteiger partial charge in [-0.1, -0.05) is 45.0 Å². The minimum Gasteiger partial charge on any atom is -0.478 e. The number of nitrogen functional groups attached to an aromatic ring is 1. The first-order chi connectivity index (χ1) is 9.80. The Kier molecular flexibility index (Phi) is 3.89. The Labute approximate surface area is 124 Å². The molecule has 0 atom stereocenters. The summed E-state index contributed by atoms with van der Waals surface area (Å²) in [6, 6.07) is 12.3. The summed E-state index contributed by atoms with van der Waals surface area (Å²) in [5, 5.41) is 9.26. The van der Waals surface area contributed by atoms with Gasteiger partial charge in [0.15, 0.2) is 5.75 Å². The molecule has 0 saturated heterocycles. The number of benzene rings is 2. The molecule has 0 aromatic heterocycles. The van der Waals surface area contributed by atoms with Crippen molar-refractivity contribution in [1.82, 2.24) is 0 Å². The van der Waals surface area contributed by atoms with E-state index in [-0.39, 0.29) is 16.7 Å². The summed E-state index contributed by atoms with van der Waals surface area (Å²) in [6.45, 7) is 6.21. The zero-order chi connectivity index (χ0) is 15.6. The molecule has 0 spiro atoms. The third kappa shape index (κ3) is 3.16. The average Bonchev–Trinajstić information content (AvgIpc) is 2.40. The van der Waals surface area contributed by atoms with Crippen molar-refractivity contribution >= 4 is 11.7 Å². The predicted octanol–water partition coefficient (Wildman–Crippen LogP) is 4.06. The van der Waals surface area contributed by atoms with Crippen LogP contribution < -0.4 is 10.5 Å². The first kappa shape index (κ1) is 14.9. The van der Waals surface area contributed by atoms with E-state index in [1.807, 2.05) is 24.3 Å². The predicted molar refractivity (Wildman–Crippen MR) is 83.0 cm³/mol. The fourth-order valence-electron chi connectivity index (χ4n) is 2.12. The van der Waals surface area contributed by atoms with Crippen molar-refractivity contribution in [3.8, 4) is 11.5 Å². The molecular formula is C17H19NO3. The van der Waals surface area contributed by atoms with E-state index in [1.165, 1.54) is 6.07 Å². The number of nitrogens with two attached hydrogens (primary N) is 1. The number of carbonyl (C=O) groups is 1. The van der Waals surface area contributed by atoms with Gasteiger partial charge >= 0.3 is 5.97 Å². The van der Waals surface area contributed by atoms with Crippen molar-refractivity contribution in [2.45, 2.75) is 26.2 Å². The zero-order valence-corrected chi connectivity index (χ0v) is 12.4. The first-order valence-electron chi connectivity index (χ1n) is 6.70. The number of carboxylic acids is 1. The minimum atomic E-state index is -1.06. The van der Waals surface area contributed by atoms with E-state index in [2.05, 4.69) is 20.8 Å². The summed E-state index contributed by atoms with van der Waals surface area (Å²) in [5.41, 5.74) is 7.11. The van der Waals surface area contributed by atoms with Gasteiger partial charge in [-0.3, -0.25) is 0 Å². The van der Waals surface area contributed by atoms with Crippen molar-refractivity contribution in [1.29, 1.82) is 0 Å². The molecule has 0 aliphatic carbocycles. The summed E-state index contributed by atoms with van der Waals surface area (Å²) < 4.78 is 5.85. The Bertz CT molecular complexity index is 672. The zero-order valence-electron chi connectivity index (χ0n) is 12.4. The third-order valence-electron chi connectivity index (χ3n) is 3.18. The topological polar surface area (TPSA) is 72.5 Å². The highest BCUT2D eigenvalue weighted by atomic mass is 16.5. The molecule has 0 saturated carbocycles. The van der Waals surface area contributed by atoms with Crippen LogP contribution in [-0.2, 0) is 5.41 Å². The van der Waals surface area contributed by atoms with Crippen LogP contribution >= 0.6 is 0 Å². The standard InChI is InChI=1S/C17H19NO3/c1-17(2,3)12-8-4-5-10-14(12)21-15-11(16(19)20)7-6-9-13(15)18/h4-10H,18H2,1-3H3,(H,19,20). The molecule has 4 nitrogen and oxygen atoms in total. The lowest BCUT2D eigenvalue weighted by Crippen LogP contribution is -2.13. The highest BCUT2D eigenvalue weighted by molar-refractivity contribution is 5.93. The van der Waals surface area contributed by atoms with Crippen LogP contribution in [0.25, 0.3) is 0 Å². The molecule has 0 aliphatic rings. The van der Waals surface area contributed by atoms with Gasteiger partial charge in [0.2, 0.25) is 0 Å². The summed E-state index contributed by atoms with van der Waals surface area (Å²) >= 11 is 0. The monoisotopic (exact) mass is 285 g/mol. The number of para-hydroxylation sites is 2. The molecule has 2 aromatic rings. The van der Waals surface area contributed by atoms with E-state index >= 15 is 0 Å². The second kappa shape index (κ2) is 5.48. The highest BCUT2D eigenvalue weighted by Gasteiger charge is 2.21. The Morgan fingerprint density at radius 2 is 1.76 bits per heavy atom. The quantitative estimate of drug-likeness (QED) is 0.834. The summed E-state index contributed by atoms with van der Waals surface area (Å²) in [4.78, 5) is 11.3. The lowest BCUT2D eigenvalue weighted by atomic mass is 9.86. The fourth-order valence-corrected chi connectivity index (χ4v) is 2.12. The smallest absolute Gasteiger partial charge is 0.339 e. The number of hydrogen-bond donors (Lipinski definition) is 2. The van der Waals surface area contributed by atoms with Gasteiger partial charge in [-0.15, -0.1) is 0 Å². The minimum absolute atomic E-state index is 0.0544. The van der Waals surface area contributed by atoms with Gasteiger partial charge in [-0.05, 0) is 23.6 Å². The van der Waals surface area contributed by atoms with E-state index < -0.39 is 5.97 Å².